The first kappa shape index (κ1) is 34.9. The van der Waals surface area contributed by atoms with Gasteiger partial charge < -0.3 is 14.9 Å². The van der Waals surface area contributed by atoms with E-state index < -0.39 is 21.9 Å². The summed E-state index contributed by atoms with van der Waals surface area (Å²) >= 11 is 0. The van der Waals surface area contributed by atoms with E-state index in [4.69, 9.17) is 0 Å². The molecular weight excluding hydrogens is 687 g/mol. The lowest BCUT2D eigenvalue weighted by molar-refractivity contribution is 0.0748. The molecule has 3 aromatic heterocycles. The van der Waals surface area contributed by atoms with Gasteiger partial charge in [0.05, 0.1) is 23.7 Å². The number of pyridine rings is 1. The number of carboxylic acid groups (broad SMARTS) is 1. The Labute approximate surface area is 300 Å². The summed E-state index contributed by atoms with van der Waals surface area (Å²) < 4.78 is 60.7. The highest BCUT2D eigenvalue weighted by Crippen LogP contribution is 2.37. The third-order valence-corrected chi connectivity index (χ3v) is 11.3. The summed E-state index contributed by atoms with van der Waals surface area (Å²) in [4.78, 5) is 20.1. The van der Waals surface area contributed by atoms with Gasteiger partial charge in [-0.25, -0.2) is 30.9 Å². The lowest BCUT2D eigenvalue weighted by Gasteiger charge is -2.46. The van der Waals surface area contributed by atoms with Gasteiger partial charge >= 0.3 is 6.09 Å². The van der Waals surface area contributed by atoms with Crippen molar-refractivity contribution in [2.24, 2.45) is 5.41 Å². The van der Waals surface area contributed by atoms with Gasteiger partial charge in [-0.3, -0.25) is 4.68 Å². The number of fused-ring (bicyclic) bond motifs is 1. The fraction of sp³-hybridized carbons (Fsp3) is 0.256. The van der Waals surface area contributed by atoms with E-state index in [-0.39, 0.29) is 33.4 Å². The normalized spacial score (nSPS) is 15.4. The molecule has 1 atom stereocenters. The molecule has 1 unspecified atom stereocenters. The summed E-state index contributed by atoms with van der Waals surface area (Å²) in [5, 5.41) is 14.7. The van der Waals surface area contributed by atoms with Gasteiger partial charge in [0.2, 0.25) is 0 Å². The van der Waals surface area contributed by atoms with Crippen molar-refractivity contribution in [2.45, 2.75) is 45.2 Å². The van der Waals surface area contributed by atoms with Crippen molar-refractivity contribution in [1.29, 1.82) is 0 Å². The summed E-state index contributed by atoms with van der Waals surface area (Å²) in [5.74, 6) is -0.856. The standard InChI is InChI=1S/C39H38F2N6O4S/c1-25-8-11-31(12-9-25)52(50,51)47-23-34(28-20-43-45(22-28)21-26-6-5-7-29(40)16-26)33-17-27(19-42-37(33)47)32-13-10-30(18-35(32)41)44-14-15-46(38(48)49)36(24-44)39(2,3)4/h5-13,16-20,22-23,36H,14-15,21,24H2,1-4H3,(H,48,49). The number of nitrogens with zero attached hydrogens (tertiary/aromatic N) is 6. The zero-order chi connectivity index (χ0) is 36.9. The maximum atomic E-state index is 16.0. The molecule has 268 valence electrons. The summed E-state index contributed by atoms with van der Waals surface area (Å²) in [6.07, 6.45) is 5.35. The third-order valence-electron chi connectivity index (χ3n) is 9.62. The third kappa shape index (κ3) is 6.63. The first-order chi connectivity index (χ1) is 24.7. The number of amides is 1. The quantitative estimate of drug-likeness (QED) is 0.180. The highest BCUT2D eigenvalue weighted by molar-refractivity contribution is 7.90. The Morgan fingerprint density at radius 1 is 0.923 bits per heavy atom. The van der Waals surface area contributed by atoms with Gasteiger partial charge in [0.15, 0.2) is 5.65 Å². The Hall–Kier alpha value is -5.56. The Bertz CT molecular complexity index is 2420. The predicted octanol–water partition coefficient (Wildman–Crippen LogP) is 7.65. The minimum absolute atomic E-state index is 0.0914. The Kier molecular flexibility index (Phi) is 8.85. The van der Waals surface area contributed by atoms with E-state index in [0.717, 1.165) is 9.54 Å². The van der Waals surface area contributed by atoms with Crippen LogP contribution in [0.5, 0.6) is 0 Å². The second kappa shape index (κ2) is 13.2. The number of carbonyl (C=O) groups is 1. The molecule has 4 heterocycles. The lowest BCUT2D eigenvalue weighted by atomic mass is 9.84. The maximum Gasteiger partial charge on any atom is 0.407 e. The largest absolute Gasteiger partial charge is 0.465 e. The van der Waals surface area contributed by atoms with Crippen LogP contribution in [0, 0.1) is 24.0 Å². The van der Waals surface area contributed by atoms with E-state index in [2.05, 4.69) is 10.1 Å². The predicted molar refractivity (Wildman–Crippen MR) is 196 cm³/mol. The number of rotatable bonds is 7. The van der Waals surface area contributed by atoms with Crippen molar-refractivity contribution in [3.05, 3.63) is 120 Å². The molecule has 0 bridgehead atoms. The van der Waals surface area contributed by atoms with Crippen LogP contribution in [0.15, 0.2) is 102 Å². The fourth-order valence-corrected chi connectivity index (χ4v) is 8.12. The van der Waals surface area contributed by atoms with Crippen molar-refractivity contribution < 1.29 is 27.1 Å². The number of benzene rings is 3. The van der Waals surface area contributed by atoms with E-state index in [0.29, 0.717) is 59.5 Å². The van der Waals surface area contributed by atoms with Crippen molar-refractivity contribution in [2.75, 3.05) is 24.5 Å². The lowest BCUT2D eigenvalue weighted by Crippen LogP contribution is -2.59. The first-order valence-electron chi connectivity index (χ1n) is 16.8. The number of aromatic nitrogens is 4. The molecular formula is C39H38F2N6O4S. The molecule has 1 N–H and O–H groups in total. The molecule has 6 aromatic rings. The van der Waals surface area contributed by atoms with E-state index in [9.17, 15) is 22.7 Å². The van der Waals surface area contributed by atoms with Gasteiger partial charge in [0, 0.05) is 71.6 Å². The molecule has 1 amide bonds. The number of piperazine rings is 1. The monoisotopic (exact) mass is 724 g/mol. The topological polar surface area (TPSA) is 114 Å². The van der Waals surface area contributed by atoms with Gasteiger partial charge in [0.25, 0.3) is 10.0 Å². The van der Waals surface area contributed by atoms with Crippen LogP contribution in [0.1, 0.15) is 31.9 Å². The van der Waals surface area contributed by atoms with Crippen LogP contribution in [0.3, 0.4) is 0 Å². The summed E-state index contributed by atoms with van der Waals surface area (Å²) in [6.45, 7) is 9.28. The van der Waals surface area contributed by atoms with Gasteiger partial charge in [-0.2, -0.15) is 5.10 Å². The van der Waals surface area contributed by atoms with Gasteiger partial charge in [-0.05, 0) is 66.4 Å². The van der Waals surface area contributed by atoms with Gasteiger partial charge in [-0.1, -0.05) is 50.6 Å². The average Bonchev–Trinajstić information content (AvgIpc) is 3.72. The van der Waals surface area contributed by atoms with Crippen LogP contribution >= 0.6 is 0 Å². The maximum absolute atomic E-state index is 16.0. The number of halogens is 2. The minimum Gasteiger partial charge on any atom is -0.465 e. The fourth-order valence-electron chi connectivity index (χ4n) is 6.80. The number of aryl methyl sites for hydroxylation is 1. The SMILES string of the molecule is Cc1ccc(S(=O)(=O)n2cc(-c3cnn(Cc4cccc(F)c4)c3)c3cc(-c4ccc(N5CCN(C(=O)O)C(C(C)(C)C)C5)cc4F)cnc32)cc1. The van der Waals surface area contributed by atoms with Gasteiger partial charge in [0.1, 0.15) is 11.6 Å². The number of anilines is 1. The molecule has 0 spiro atoms. The molecule has 1 saturated heterocycles. The molecule has 0 aliphatic carbocycles. The van der Waals surface area contributed by atoms with Gasteiger partial charge in [-0.15, -0.1) is 0 Å². The average molecular weight is 725 g/mol. The molecule has 0 radical (unpaired) electrons. The van der Waals surface area contributed by atoms with E-state index in [1.54, 1.807) is 65.6 Å². The smallest absolute Gasteiger partial charge is 0.407 e. The van der Waals surface area contributed by atoms with Crippen molar-refractivity contribution in [3.8, 4) is 22.3 Å². The minimum atomic E-state index is -4.08. The van der Waals surface area contributed by atoms with Crippen molar-refractivity contribution in [1.82, 2.24) is 23.6 Å². The molecule has 1 aliphatic heterocycles. The summed E-state index contributed by atoms with van der Waals surface area (Å²) in [6, 6.07) is 19.1. The zero-order valence-electron chi connectivity index (χ0n) is 29.2. The highest BCUT2D eigenvalue weighted by Gasteiger charge is 2.38. The van der Waals surface area contributed by atoms with E-state index >= 15 is 4.39 Å². The van der Waals surface area contributed by atoms with Crippen molar-refractivity contribution >= 4 is 32.8 Å². The number of hydrogen-bond donors (Lipinski definition) is 1. The van der Waals surface area contributed by atoms with Crippen LogP contribution in [0.25, 0.3) is 33.3 Å². The summed E-state index contributed by atoms with van der Waals surface area (Å²) in [5.41, 5.74) is 3.93. The molecule has 1 fully saturated rings. The molecule has 7 rings (SSSR count). The number of hydrogen-bond acceptors (Lipinski definition) is 6. The van der Waals surface area contributed by atoms with Crippen molar-refractivity contribution in [3.63, 3.8) is 0 Å². The van der Waals surface area contributed by atoms with E-state index in [1.165, 1.54) is 35.5 Å². The Balaban J connectivity index is 1.28. The summed E-state index contributed by atoms with van der Waals surface area (Å²) in [7, 11) is -4.08. The van der Waals surface area contributed by atoms with Crippen LogP contribution in [0.4, 0.5) is 19.3 Å². The molecule has 1 aliphatic rings. The zero-order valence-corrected chi connectivity index (χ0v) is 30.0. The molecule has 52 heavy (non-hydrogen) atoms. The van der Waals surface area contributed by atoms with Crippen LogP contribution in [-0.2, 0) is 16.6 Å². The Morgan fingerprint density at radius 2 is 1.69 bits per heavy atom. The molecule has 13 heteroatoms. The van der Waals surface area contributed by atoms with Crippen LogP contribution in [0.2, 0.25) is 0 Å². The van der Waals surface area contributed by atoms with E-state index in [1.807, 2.05) is 38.7 Å². The van der Waals surface area contributed by atoms with Crippen LogP contribution < -0.4 is 4.90 Å². The second-order valence-corrected chi connectivity index (χ2v) is 16.1. The van der Waals surface area contributed by atoms with Crippen LogP contribution in [-0.4, -0.2) is 68.9 Å². The molecule has 0 saturated carbocycles. The molecule has 10 nitrogen and oxygen atoms in total. The second-order valence-electron chi connectivity index (χ2n) is 14.3. The molecule has 3 aromatic carbocycles. The highest BCUT2D eigenvalue weighted by atomic mass is 32.2. The Morgan fingerprint density at radius 3 is 2.38 bits per heavy atom. The first-order valence-corrected chi connectivity index (χ1v) is 18.3.